The molecule has 0 unspecified atom stereocenters. The van der Waals surface area contributed by atoms with E-state index < -0.39 is 0 Å². The van der Waals surface area contributed by atoms with Crippen LogP contribution >= 0.6 is 0 Å². The third-order valence-corrected chi connectivity index (χ3v) is 5.84. The van der Waals surface area contributed by atoms with Crippen molar-refractivity contribution in [1.82, 2.24) is 0 Å². The van der Waals surface area contributed by atoms with E-state index in [2.05, 4.69) is 0 Å². The lowest BCUT2D eigenvalue weighted by atomic mass is 10.1. The number of piperidine rings is 2. The molecule has 0 amide bonds. The molecule has 0 aromatic carbocycles. The number of hydrogen-bond acceptors (Lipinski definition) is 0. The van der Waals surface area contributed by atoms with Crippen LogP contribution in [0.3, 0.4) is 0 Å². The molecule has 0 atom stereocenters. The van der Waals surface area contributed by atoms with Gasteiger partial charge in [0.1, 0.15) is 13.1 Å². The minimum absolute atomic E-state index is 1.50. The van der Waals surface area contributed by atoms with Crippen molar-refractivity contribution in [3.8, 4) is 0 Å². The van der Waals surface area contributed by atoms with E-state index in [1.165, 1.54) is 106 Å². The Morgan fingerprint density at radius 1 is 0.294 bits per heavy atom. The van der Waals surface area contributed by atoms with Gasteiger partial charge < -0.3 is 8.97 Å². The fourth-order valence-corrected chi connectivity index (χ4v) is 4.65. The molecule has 0 aliphatic carbocycles. The van der Waals surface area contributed by atoms with E-state index >= 15 is 0 Å². The van der Waals surface area contributed by atoms with Crippen LogP contribution in [0.2, 0.25) is 0 Å². The summed E-state index contributed by atoms with van der Waals surface area (Å²) in [5.74, 6) is 0. The van der Waals surface area contributed by atoms with Gasteiger partial charge in [-0.25, -0.2) is 0 Å². The summed E-state index contributed by atoms with van der Waals surface area (Å²) in [5, 5.41) is 0. The fraction of sp³-hybridized carbons (Fsp3) is 1.00. The second-order valence-corrected chi connectivity index (χ2v) is 6.95. The minimum Gasteiger partial charge on any atom is -0.319 e. The van der Waals surface area contributed by atoms with Crippen LogP contribution in [0.1, 0.15) is 44.9 Å². The van der Waals surface area contributed by atoms with Crippen molar-refractivity contribution in [3.63, 3.8) is 0 Å². The maximum Gasteiger partial charge on any atom is 0.129 e. The zero-order chi connectivity index (χ0) is 11.6. The molecule has 2 spiro atoms. The highest BCUT2D eigenvalue weighted by atomic mass is 15.4. The van der Waals surface area contributed by atoms with Crippen LogP contribution in [0.4, 0.5) is 0 Å². The SMILES string of the molecule is C1CC[N+]2(CC1)CCC[N+]1(CCCCC1)CC2. The summed E-state index contributed by atoms with van der Waals surface area (Å²) in [7, 11) is 0. The van der Waals surface area contributed by atoms with Gasteiger partial charge in [0.25, 0.3) is 0 Å². The molecule has 0 bridgehead atoms. The predicted octanol–water partition coefficient (Wildman–Crippen LogP) is 2.39. The summed E-state index contributed by atoms with van der Waals surface area (Å²) in [5.41, 5.74) is 0. The molecule has 0 radical (unpaired) electrons. The molecule has 2 heteroatoms. The lowest BCUT2D eigenvalue weighted by molar-refractivity contribution is -0.967. The second-order valence-electron chi connectivity index (χ2n) is 6.95. The standard InChI is InChI=1S/C15H30N2/c1-3-8-16(9-4-1)12-7-13-17(15-14-16)10-5-2-6-11-17/h1-15H2/q+2. The number of quaternary nitrogens is 2. The van der Waals surface area contributed by atoms with Crippen molar-refractivity contribution in [1.29, 1.82) is 0 Å². The van der Waals surface area contributed by atoms with E-state index in [0.717, 1.165) is 0 Å². The molecule has 3 aliphatic rings. The van der Waals surface area contributed by atoms with Crippen LogP contribution in [-0.4, -0.2) is 61.3 Å². The van der Waals surface area contributed by atoms with Crippen LogP contribution in [0.25, 0.3) is 0 Å². The summed E-state index contributed by atoms with van der Waals surface area (Å²) in [6, 6.07) is 0. The number of rotatable bonds is 0. The first-order valence-corrected chi connectivity index (χ1v) is 8.03. The van der Waals surface area contributed by atoms with Crippen LogP contribution in [0.15, 0.2) is 0 Å². The van der Waals surface area contributed by atoms with Crippen molar-refractivity contribution in [2.45, 2.75) is 44.9 Å². The summed E-state index contributed by atoms with van der Waals surface area (Å²) >= 11 is 0. The molecule has 3 rings (SSSR count). The van der Waals surface area contributed by atoms with Crippen LogP contribution in [0, 0.1) is 0 Å². The lowest BCUT2D eigenvalue weighted by Gasteiger charge is -2.43. The maximum absolute atomic E-state index is 1.50. The van der Waals surface area contributed by atoms with Gasteiger partial charge in [0, 0.05) is 6.42 Å². The highest BCUT2D eigenvalue weighted by molar-refractivity contribution is 4.62. The van der Waals surface area contributed by atoms with Crippen molar-refractivity contribution < 1.29 is 8.97 Å². The van der Waals surface area contributed by atoms with Gasteiger partial charge in [0.05, 0.1) is 39.3 Å². The van der Waals surface area contributed by atoms with Gasteiger partial charge in [0.2, 0.25) is 0 Å². The molecule has 0 aromatic heterocycles. The Labute approximate surface area is 107 Å². The number of nitrogens with zero attached hydrogens (tertiary/aromatic N) is 2. The Morgan fingerprint density at radius 3 is 1.06 bits per heavy atom. The molecule has 2 nitrogen and oxygen atoms in total. The average molecular weight is 238 g/mol. The first-order chi connectivity index (χ1) is 8.33. The fourth-order valence-electron chi connectivity index (χ4n) is 4.65. The third kappa shape index (κ3) is 2.53. The Balaban J connectivity index is 1.66. The quantitative estimate of drug-likeness (QED) is 0.569. The van der Waals surface area contributed by atoms with Gasteiger partial charge in [-0.15, -0.1) is 0 Å². The Hall–Kier alpha value is -0.0800. The van der Waals surface area contributed by atoms with E-state index in [-0.39, 0.29) is 0 Å². The maximum atomic E-state index is 1.50. The van der Waals surface area contributed by atoms with Gasteiger partial charge >= 0.3 is 0 Å². The second kappa shape index (κ2) is 4.89. The highest BCUT2D eigenvalue weighted by Crippen LogP contribution is 2.27. The van der Waals surface area contributed by atoms with E-state index in [4.69, 9.17) is 0 Å². The third-order valence-electron chi connectivity index (χ3n) is 5.84. The zero-order valence-electron chi connectivity index (χ0n) is 11.5. The van der Waals surface area contributed by atoms with Crippen molar-refractivity contribution >= 4 is 0 Å². The van der Waals surface area contributed by atoms with E-state index in [1.807, 2.05) is 0 Å². The molecule has 3 aliphatic heterocycles. The molecule has 0 saturated carbocycles. The van der Waals surface area contributed by atoms with Crippen molar-refractivity contribution in [2.75, 3.05) is 52.4 Å². The Morgan fingerprint density at radius 2 is 0.647 bits per heavy atom. The molecule has 0 N–H and O–H groups in total. The van der Waals surface area contributed by atoms with Crippen molar-refractivity contribution in [3.05, 3.63) is 0 Å². The van der Waals surface area contributed by atoms with E-state index in [0.29, 0.717) is 0 Å². The zero-order valence-corrected chi connectivity index (χ0v) is 11.5. The van der Waals surface area contributed by atoms with E-state index in [1.54, 1.807) is 0 Å². The summed E-state index contributed by atoms with van der Waals surface area (Å²) in [6.45, 7) is 12.0. The molecule has 3 fully saturated rings. The summed E-state index contributed by atoms with van der Waals surface area (Å²) in [4.78, 5) is 0. The molecule has 0 aromatic rings. The van der Waals surface area contributed by atoms with Gasteiger partial charge in [-0.3, -0.25) is 0 Å². The lowest BCUT2D eigenvalue weighted by Crippen LogP contribution is -2.57. The molecule has 17 heavy (non-hydrogen) atoms. The van der Waals surface area contributed by atoms with Crippen LogP contribution < -0.4 is 0 Å². The molecular weight excluding hydrogens is 208 g/mol. The Kier molecular flexibility index (Phi) is 3.45. The molecule has 98 valence electrons. The summed E-state index contributed by atoms with van der Waals surface area (Å²) < 4.78 is 3.00. The minimum atomic E-state index is 1.50. The van der Waals surface area contributed by atoms with Crippen LogP contribution in [-0.2, 0) is 0 Å². The smallest absolute Gasteiger partial charge is 0.129 e. The topological polar surface area (TPSA) is 0 Å². The first kappa shape index (κ1) is 12.0. The highest BCUT2D eigenvalue weighted by Gasteiger charge is 2.39. The van der Waals surface area contributed by atoms with Gasteiger partial charge in [0.15, 0.2) is 0 Å². The normalized spacial score (nSPS) is 32.5. The number of hydrogen-bond donors (Lipinski definition) is 0. The average Bonchev–Trinajstić information content (AvgIpc) is 2.54. The predicted molar refractivity (Wildman–Crippen MR) is 71.8 cm³/mol. The van der Waals surface area contributed by atoms with Gasteiger partial charge in [-0.2, -0.15) is 0 Å². The Bertz CT molecular complexity index is 224. The molecule has 3 saturated heterocycles. The van der Waals surface area contributed by atoms with Gasteiger partial charge in [-0.1, -0.05) is 0 Å². The van der Waals surface area contributed by atoms with Gasteiger partial charge in [-0.05, 0) is 38.5 Å². The molecule has 3 heterocycles. The molecular formula is C15H30N2+2. The monoisotopic (exact) mass is 238 g/mol. The van der Waals surface area contributed by atoms with Crippen molar-refractivity contribution in [2.24, 2.45) is 0 Å². The largest absolute Gasteiger partial charge is 0.319 e. The van der Waals surface area contributed by atoms with E-state index in [9.17, 15) is 0 Å². The summed E-state index contributed by atoms with van der Waals surface area (Å²) in [6.07, 6.45) is 10.5. The first-order valence-electron chi connectivity index (χ1n) is 8.03. The van der Waals surface area contributed by atoms with Crippen LogP contribution in [0.5, 0.6) is 0 Å².